The van der Waals surface area contributed by atoms with Crippen molar-refractivity contribution in [1.29, 1.82) is 0 Å². The van der Waals surface area contributed by atoms with Gasteiger partial charge in [0.05, 0.1) is 13.2 Å². The summed E-state index contributed by atoms with van der Waals surface area (Å²) in [6.07, 6.45) is 3.83. The molecule has 0 bridgehead atoms. The maximum absolute atomic E-state index is 9.56. The molecule has 18 heavy (non-hydrogen) atoms. The number of rotatable bonds is 8. The molecule has 0 aromatic carbocycles. The molecule has 0 unspecified atom stereocenters. The van der Waals surface area contributed by atoms with Gasteiger partial charge in [0.1, 0.15) is 12.2 Å². The van der Waals surface area contributed by atoms with Crippen LogP contribution in [-0.4, -0.2) is 38.2 Å². The second-order valence-corrected chi connectivity index (χ2v) is 5.50. The summed E-state index contributed by atoms with van der Waals surface area (Å²) in [5.74, 6) is 1.34. The van der Waals surface area contributed by atoms with E-state index in [1.165, 1.54) is 0 Å². The van der Waals surface area contributed by atoms with Crippen LogP contribution in [0.15, 0.2) is 6.33 Å². The Hall–Kier alpha value is -0.940. The normalized spacial score (nSPS) is 12.3. The van der Waals surface area contributed by atoms with Crippen LogP contribution in [0.3, 0.4) is 0 Å². The van der Waals surface area contributed by atoms with E-state index in [0.717, 1.165) is 25.2 Å². The van der Waals surface area contributed by atoms with Crippen molar-refractivity contribution in [2.75, 3.05) is 13.2 Å². The fourth-order valence-corrected chi connectivity index (χ4v) is 2.20. The van der Waals surface area contributed by atoms with E-state index >= 15 is 0 Å². The minimum absolute atomic E-state index is 0.0219. The molecular formula is C13H25N3O2. The van der Waals surface area contributed by atoms with Crippen LogP contribution < -0.4 is 0 Å². The first-order valence-corrected chi connectivity index (χ1v) is 6.65. The predicted molar refractivity (Wildman–Crippen MR) is 70.1 cm³/mol. The highest BCUT2D eigenvalue weighted by Crippen LogP contribution is 2.27. The first-order chi connectivity index (χ1) is 8.56. The average molecular weight is 255 g/mol. The molecule has 0 spiro atoms. The number of aliphatic hydroxyl groups is 2. The zero-order chi connectivity index (χ0) is 13.6. The second-order valence-electron chi connectivity index (χ2n) is 5.50. The summed E-state index contributed by atoms with van der Waals surface area (Å²) in [5.41, 5.74) is -0.476. The largest absolute Gasteiger partial charge is 0.396 e. The molecule has 0 atom stereocenters. The van der Waals surface area contributed by atoms with Crippen LogP contribution in [0.5, 0.6) is 0 Å². The standard InChI is InChI=1S/C13H25N3O2/c1-4-5-13(8-17,9-18)6-12-14-10-15-16(12)7-11(2)3/h10-11,17-18H,4-9H2,1-3H3. The van der Waals surface area contributed by atoms with Crippen LogP contribution in [0.1, 0.15) is 39.4 Å². The quantitative estimate of drug-likeness (QED) is 0.733. The molecule has 1 aromatic rings. The Balaban J connectivity index is 2.83. The van der Waals surface area contributed by atoms with Crippen molar-refractivity contribution in [2.45, 2.75) is 46.6 Å². The molecule has 1 rings (SSSR count). The van der Waals surface area contributed by atoms with Crippen LogP contribution in [0.4, 0.5) is 0 Å². The highest BCUT2D eigenvalue weighted by molar-refractivity contribution is 4.94. The van der Waals surface area contributed by atoms with E-state index in [9.17, 15) is 10.2 Å². The first kappa shape index (κ1) is 15.1. The lowest BCUT2D eigenvalue weighted by Gasteiger charge is -2.29. The van der Waals surface area contributed by atoms with Gasteiger partial charge in [0.2, 0.25) is 0 Å². The van der Waals surface area contributed by atoms with E-state index in [2.05, 4.69) is 30.9 Å². The first-order valence-electron chi connectivity index (χ1n) is 6.65. The molecule has 0 aliphatic heterocycles. The summed E-state index contributed by atoms with van der Waals surface area (Å²) in [7, 11) is 0. The van der Waals surface area contributed by atoms with Gasteiger partial charge in [0, 0.05) is 18.4 Å². The minimum Gasteiger partial charge on any atom is -0.396 e. The number of hydrogen-bond acceptors (Lipinski definition) is 4. The lowest BCUT2D eigenvalue weighted by molar-refractivity contribution is 0.0439. The number of hydrogen-bond donors (Lipinski definition) is 2. The molecule has 0 radical (unpaired) electrons. The Bertz CT molecular complexity index is 346. The van der Waals surface area contributed by atoms with E-state index in [4.69, 9.17) is 0 Å². The summed E-state index contributed by atoms with van der Waals surface area (Å²) >= 11 is 0. The van der Waals surface area contributed by atoms with Gasteiger partial charge in [-0.2, -0.15) is 5.10 Å². The summed E-state index contributed by atoms with van der Waals surface area (Å²) in [6, 6.07) is 0. The summed E-state index contributed by atoms with van der Waals surface area (Å²) < 4.78 is 1.88. The van der Waals surface area contributed by atoms with Crippen LogP contribution in [0.2, 0.25) is 0 Å². The Labute approximate surface area is 109 Å². The smallest absolute Gasteiger partial charge is 0.138 e. The predicted octanol–water partition coefficient (Wildman–Crippen LogP) is 1.25. The van der Waals surface area contributed by atoms with E-state index in [-0.39, 0.29) is 13.2 Å². The number of aromatic nitrogens is 3. The maximum atomic E-state index is 9.56. The van der Waals surface area contributed by atoms with Gasteiger partial charge in [-0.3, -0.25) is 0 Å². The van der Waals surface area contributed by atoms with Crippen LogP contribution in [-0.2, 0) is 13.0 Å². The molecule has 0 aliphatic carbocycles. The molecule has 1 heterocycles. The minimum atomic E-state index is -0.476. The Morgan fingerprint density at radius 3 is 2.50 bits per heavy atom. The SMILES string of the molecule is CCCC(CO)(CO)Cc1ncnn1CC(C)C. The highest BCUT2D eigenvalue weighted by Gasteiger charge is 2.30. The van der Waals surface area contributed by atoms with Crippen LogP contribution in [0.25, 0.3) is 0 Å². The Kier molecular flexibility index (Phi) is 5.75. The lowest BCUT2D eigenvalue weighted by Crippen LogP contribution is -2.33. The van der Waals surface area contributed by atoms with Crippen molar-refractivity contribution in [3.63, 3.8) is 0 Å². The third-order valence-electron chi connectivity index (χ3n) is 3.22. The molecule has 0 saturated heterocycles. The zero-order valence-electron chi connectivity index (χ0n) is 11.6. The van der Waals surface area contributed by atoms with Crippen molar-refractivity contribution in [3.8, 4) is 0 Å². The second kappa shape index (κ2) is 6.85. The maximum Gasteiger partial charge on any atom is 0.138 e. The van der Waals surface area contributed by atoms with E-state index in [1.54, 1.807) is 6.33 Å². The van der Waals surface area contributed by atoms with Crippen molar-refractivity contribution in [3.05, 3.63) is 12.2 Å². The molecule has 5 heteroatoms. The van der Waals surface area contributed by atoms with Gasteiger partial charge in [0.25, 0.3) is 0 Å². The van der Waals surface area contributed by atoms with Gasteiger partial charge < -0.3 is 10.2 Å². The van der Waals surface area contributed by atoms with Gasteiger partial charge >= 0.3 is 0 Å². The van der Waals surface area contributed by atoms with Gasteiger partial charge in [0.15, 0.2) is 0 Å². The lowest BCUT2D eigenvalue weighted by atomic mass is 9.81. The third-order valence-corrected chi connectivity index (χ3v) is 3.22. The van der Waals surface area contributed by atoms with Crippen molar-refractivity contribution in [1.82, 2.24) is 14.8 Å². The Morgan fingerprint density at radius 2 is 2.00 bits per heavy atom. The zero-order valence-corrected chi connectivity index (χ0v) is 11.6. The molecule has 0 aliphatic rings. The summed E-state index contributed by atoms with van der Waals surface area (Å²) in [4.78, 5) is 4.26. The molecule has 2 N–H and O–H groups in total. The Morgan fingerprint density at radius 1 is 1.33 bits per heavy atom. The molecule has 104 valence electrons. The number of aliphatic hydroxyl groups excluding tert-OH is 2. The highest BCUT2D eigenvalue weighted by atomic mass is 16.3. The fourth-order valence-electron chi connectivity index (χ4n) is 2.20. The van der Waals surface area contributed by atoms with Gasteiger partial charge in [-0.15, -0.1) is 0 Å². The molecule has 1 aromatic heterocycles. The van der Waals surface area contributed by atoms with Crippen molar-refractivity contribution < 1.29 is 10.2 Å². The third kappa shape index (κ3) is 3.78. The molecule has 0 amide bonds. The number of nitrogens with zero attached hydrogens (tertiary/aromatic N) is 3. The van der Waals surface area contributed by atoms with Crippen molar-refractivity contribution in [2.24, 2.45) is 11.3 Å². The fraction of sp³-hybridized carbons (Fsp3) is 0.846. The van der Waals surface area contributed by atoms with Crippen LogP contribution in [0, 0.1) is 11.3 Å². The van der Waals surface area contributed by atoms with E-state index in [0.29, 0.717) is 12.3 Å². The van der Waals surface area contributed by atoms with Crippen molar-refractivity contribution >= 4 is 0 Å². The molecule has 0 saturated carbocycles. The van der Waals surface area contributed by atoms with Crippen LogP contribution >= 0.6 is 0 Å². The molecule has 0 fully saturated rings. The summed E-state index contributed by atoms with van der Waals surface area (Å²) in [5, 5.41) is 23.3. The molecular weight excluding hydrogens is 230 g/mol. The van der Waals surface area contributed by atoms with E-state index in [1.807, 2.05) is 4.68 Å². The molecule has 5 nitrogen and oxygen atoms in total. The van der Waals surface area contributed by atoms with E-state index < -0.39 is 5.41 Å². The summed E-state index contributed by atoms with van der Waals surface area (Å²) in [6.45, 7) is 7.08. The average Bonchev–Trinajstić information content (AvgIpc) is 2.75. The van der Waals surface area contributed by atoms with Gasteiger partial charge in [-0.05, 0) is 12.3 Å². The topological polar surface area (TPSA) is 71.2 Å². The monoisotopic (exact) mass is 255 g/mol. The van der Waals surface area contributed by atoms with Gasteiger partial charge in [-0.25, -0.2) is 9.67 Å². The van der Waals surface area contributed by atoms with Gasteiger partial charge in [-0.1, -0.05) is 27.2 Å².